The normalized spacial score (nSPS) is 11.6. The van der Waals surface area contributed by atoms with Gasteiger partial charge in [0.2, 0.25) is 11.7 Å². The van der Waals surface area contributed by atoms with Gasteiger partial charge in [0.25, 0.3) is 0 Å². The molecule has 1 amide bonds. The summed E-state index contributed by atoms with van der Waals surface area (Å²) in [4.78, 5) is 12.9. The Hall–Kier alpha value is -4.31. The molecule has 0 radical (unpaired) electrons. The average molecular weight is 577 g/mol. The number of furan rings is 1. The van der Waals surface area contributed by atoms with Crippen LogP contribution >= 0.6 is 11.8 Å². The largest absolute Gasteiger partial charge is 0.461 e. The van der Waals surface area contributed by atoms with Crippen molar-refractivity contribution in [3.05, 3.63) is 120 Å². The fourth-order valence-corrected chi connectivity index (χ4v) is 5.37. The van der Waals surface area contributed by atoms with Crippen LogP contribution in [0.4, 0.5) is 13.2 Å². The second kappa shape index (κ2) is 12.9. The molecule has 5 aromatic rings. The number of carbonyl (C=O) groups excluding carboxylic acids is 1. The number of hydrogen-bond acceptors (Lipinski definition) is 5. The number of alkyl halides is 3. The van der Waals surface area contributed by atoms with Crippen LogP contribution in [0.1, 0.15) is 42.0 Å². The Morgan fingerprint density at radius 3 is 2.22 bits per heavy atom. The molecule has 2 aromatic heterocycles. The molecule has 0 spiro atoms. The topological polar surface area (TPSA) is 73.0 Å². The van der Waals surface area contributed by atoms with E-state index in [0.29, 0.717) is 41.8 Å². The molecule has 0 fully saturated rings. The number of nitrogens with one attached hydrogen (secondary N) is 1. The number of halogens is 3. The third-order valence-electron chi connectivity index (χ3n) is 6.41. The van der Waals surface area contributed by atoms with Crippen molar-refractivity contribution in [1.29, 1.82) is 0 Å². The number of rotatable bonds is 11. The van der Waals surface area contributed by atoms with Gasteiger partial charge in [-0.1, -0.05) is 78.5 Å². The second-order valence-corrected chi connectivity index (χ2v) is 10.4. The van der Waals surface area contributed by atoms with Gasteiger partial charge in [-0.25, -0.2) is 0 Å². The molecular weight excluding hydrogens is 549 g/mol. The summed E-state index contributed by atoms with van der Waals surface area (Å²) in [5.41, 5.74) is 1.53. The van der Waals surface area contributed by atoms with Crippen LogP contribution in [0.15, 0.2) is 113 Å². The Kier molecular flexibility index (Phi) is 8.88. The molecule has 6 nitrogen and oxygen atoms in total. The van der Waals surface area contributed by atoms with Gasteiger partial charge < -0.3 is 9.73 Å². The van der Waals surface area contributed by atoms with Gasteiger partial charge >= 0.3 is 6.18 Å². The molecule has 2 heterocycles. The number of thioether (sulfide) groups is 1. The first-order valence-corrected chi connectivity index (χ1v) is 14.1. The highest BCUT2D eigenvalue weighted by Crippen LogP contribution is 2.33. The zero-order valence-corrected chi connectivity index (χ0v) is 22.7. The van der Waals surface area contributed by atoms with Crippen LogP contribution < -0.4 is 5.32 Å². The first-order chi connectivity index (χ1) is 19.9. The van der Waals surface area contributed by atoms with Crippen LogP contribution in [-0.4, -0.2) is 26.4 Å². The van der Waals surface area contributed by atoms with Crippen LogP contribution in [0.3, 0.4) is 0 Å². The lowest BCUT2D eigenvalue weighted by atomic mass is 9.98. The summed E-state index contributed by atoms with van der Waals surface area (Å²) >= 11 is 1.37. The SMILES string of the molecule is O=C(CCCCSc1nnc(-c2ccco2)n1-c1cccc(C(F)(F)F)c1)NC(c1ccccc1)c1ccccc1. The predicted octanol–water partition coefficient (Wildman–Crippen LogP) is 7.71. The molecule has 3 aromatic carbocycles. The minimum Gasteiger partial charge on any atom is -0.461 e. The number of hydrogen-bond donors (Lipinski definition) is 1. The van der Waals surface area contributed by atoms with Crippen LogP contribution in [-0.2, 0) is 11.0 Å². The predicted molar refractivity (Wildman–Crippen MR) is 152 cm³/mol. The van der Waals surface area contributed by atoms with Crippen molar-refractivity contribution < 1.29 is 22.4 Å². The Balaban J connectivity index is 1.22. The fourth-order valence-electron chi connectivity index (χ4n) is 4.42. The molecule has 10 heteroatoms. The molecule has 0 aliphatic heterocycles. The minimum absolute atomic E-state index is 0.0556. The van der Waals surface area contributed by atoms with Gasteiger partial charge in [-0.15, -0.1) is 10.2 Å². The van der Waals surface area contributed by atoms with Crippen LogP contribution in [0.5, 0.6) is 0 Å². The summed E-state index contributed by atoms with van der Waals surface area (Å²) < 4.78 is 47.3. The van der Waals surface area contributed by atoms with Crippen molar-refractivity contribution in [2.45, 2.75) is 36.6 Å². The van der Waals surface area contributed by atoms with E-state index in [-0.39, 0.29) is 17.6 Å². The molecule has 0 aliphatic carbocycles. The first-order valence-electron chi connectivity index (χ1n) is 13.1. The number of nitrogens with zero attached hydrogens (tertiary/aromatic N) is 3. The quantitative estimate of drug-likeness (QED) is 0.129. The van der Waals surface area contributed by atoms with Gasteiger partial charge in [0.05, 0.1) is 23.6 Å². The number of amides is 1. The number of unbranched alkanes of at least 4 members (excludes halogenated alkanes) is 1. The van der Waals surface area contributed by atoms with E-state index in [2.05, 4.69) is 15.5 Å². The van der Waals surface area contributed by atoms with E-state index >= 15 is 0 Å². The highest BCUT2D eigenvalue weighted by atomic mass is 32.2. The van der Waals surface area contributed by atoms with Crippen LogP contribution in [0.2, 0.25) is 0 Å². The third-order valence-corrected chi connectivity index (χ3v) is 7.42. The van der Waals surface area contributed by atoms with E-state index in [0.717, 1.165) is 23.3 Å². The lowest BCUT2D eigenvalue weighted by molar-refractivity contribution is -0.137. The summed E-state index contributed by atoms with van der Waals surface area (Å²) in [6.07, 6.45) is -1.33. The van der Waals surface area contributed by atoms with E-state index < -0.39 is 11.7 Å². The Labute approximate surface area is 239 Å². The molecule has 0 saturated carbocycles. The van der Waals surface area contributed by atoms with E-state index in [1.54, 1.807) is 22.8 Å². The second-order valence-electron chi connectivity index (χ2n) is 9.29. The Bertz CT molecular complexity index is 1520. The lowest BCUT2D eigenvalue weighted by Crippen LogP contribution is -2.29. The van der Waals surface area contributed by atoms with Crippen molar-refractivity contribution in [3.8, 4) is 17.3 Å². The van der Waals surface area contributed by atoms with Crippen molar-refractivity contribution in [2.24, 2.45) is 0 Å². The summed E-state index contributed by atoms with van der Waals surface area (Å²) in [5.74, 6) is 1.25. The summed E-state index contributed by atoms with van der Waals surface area (Å²) in [5, 5.41) is 12.0. The van der Waals surface area contributed by atoms with Crippen LogP contribution in [0, 0.1) is 0 Å². The van der Waals surface area contributed by atoms with Crippen molar-refractivity contribution >= 4 is 17.7 Å². The smallest absolute Gasteiger partial charge is 0.416 e. The number of carbonyl (C=O) groups is 1. The average Bonchev–Trinajstić information content (AvgIpc) is 3.67. The maximum atomic E-state index is 13.4. The highest BCUT2D eigenvalue weighted by Gasteiger charge is 2.31. The molecule has 1 N–H and O–H groups in total. The fraction of sp³-hybridized carbons (Fsp3) is 0.194. The monoisotopic (exact) mass is 576 g/mol. The molecule has 5 rings (SSSR count). The highest BCUT2D eigenvalue weighted by molar-refractivity contribution is 7.99. The lowest BCUT2D eigenvalue weighted by Gasteiger charge is -2.20. The summed E-state index contributed by atoms with van der Waals surface area (Å²) in [6, 6.07) is 27.8. The van der Waals surface area contributed by atoms with Gasteiger partial charge in [-0.3, -0.25) is 9.36 Å². The molecule has 41 heavy (non-hydrogen) atoms. The van der Waals surface area contributed by atoms with Crippen molar-refractivity contribution in [2.75, 3.05) is 5.75 Å². The van der Waals surface area contributed by atoms with Gasteiger partial charge in [-0.2, -0.15) is 13.2 Å². The van der Waals surface area contributed by atoms with Gasteiger partial charge in [0, 0.05) is 12.2 Å². The molecule has 210 valence electrons. The van der Waals surface area contributed by atoms with Crippen LogP contribution in [0.25, 0.3) is 17.3 Å². The molecule has 0 aliphatic rings. The Morgan fingerprint density at radius 2 is 1.59 bits per heavy atom. The van der Waals surface area contributed by atoms with Gasteiger partial charge in [-0.05, 0) is 54.3 Å². The van der Waals surface area contributed by atoms with Gasteiger partial charge in [0.1, 0.15) is 0 Å². The maximum absolute atomic E-state index is 13.4. The van der Waals surface area contributed by atoms with E-state index in [1.807, 2.05) is 60.7 Å². The number of benzene rings is 3. The zero-order valence-electron chi connectivity index (χ0n) is 21.9. The molecule has 0 saturated heterocycles. The molecule has 0 unspecified atom stereocenters. The molecular formula is C31H27F3N4O2S. The first kappa shape index (κ1) is 28.2. The number of aromatic nitrogens is 3. The maximum Gasteiger partial charge on any atom is 0.416 e. The van der Waals surface area contributed by atoms with Crippen molar-refractivity contribution in [1.82, 2.24) is 20.1 Å². The molecule has 0 atom stereocenters. The van der Waals surface area contributed by atoms with Gasteiger partial charge in [0.15, 0.2) is 10.9 Å². The third kappa shape index (κ3) is 7.07. The zero-order chi connectivity index (χ0) is 28.7. The van der Waals surface area contributed by atoms with Crippen molar-refractivity contribution in [3.63, 3.8) is 0 Å². The summed E-state index contributed by atoms with van der Waals surface area (Å²) in [6.45, 7) is 0. The van der Waals surface area contributed by atoms with E-state index in [4.69, 9.17) is 4.42 Å². The molecule has 0 bridgehead atoms. The van der Waals surface area contributed by atoms with E-state index in [9.17, 15) is 18.0 Å². The summed E-state index contributed by atoms with van der Waals surface area (Å²) in [7, 11) is 0. The van der Waals surface area contributed by atoms with E-state index in [1.165, 1.54) is 24.1 Å². The standard InChI is InChI=1S/C31H27F3N4O2S/c32-31(33,34)24-15-9-16-25(21-24)38-29(26-17-10-19-40-26)36-37-30(38)41-20-8-7-18-27(39)35-28(22-11-3-1-4-12-22)23-13-5-2-6-14-23/h1-6,9-17,19,21,28H,7-8,18,20H2,(H,35,39). The Morgan fingerprint density at radius 1 is 0.878 bits per heavy atom. The minimum atomic E-state index is -4.48.